The van der Waals surface area contributed by atoms with Gasteiger partial charge in [0.1, 0.15) is 11.3 Å². The zero-order chi connectivity index (χ0) is 13.2. The predicted molar refractivity (Wildman–Crippen MR) is 70.2 cm³/mol. The fourth-order valence-corrected chi connectivity index (χ4v) is 2.24. The van der Waals surface area contributed by atoms with Crippen molar-refractivity contribution in [2.45, 2.75) is 39.3 Å². The summed E-state index contributed by atoms with van der Waals surface area (Å²) in [6, 6.07) is 5.30. The molecule has 0 heterocycles. The first-order chi connectivity index (χ1) is 7.73. The van der Waals surface area contributed by atoms with Crippen molar-refractivity contribution < 1.29 is 14.3 Å². The number of aromatic carboxylic acids is 1. The van der Waals surface area contributed by atoms with Gasteiger partial charge in [-0.2, -0.15) is 0 Å². The molecule has 0 atom stereocenters. The van der Waals surface area contributed by atoms with Gasteiger partial charge in [-0.1, -0.05) is 32.9 Å². The molecule has 0 spiro atoms. The SMILES string of the molecule is C[Si](C)Oc1c(C(=O)O)cccc1C(C)(C)C. The van der Waals surface area contributed by atoms with Crippen molar-refractivity contribution in [3.8, 4) is 5.75 Å². The lowest BCUT2D eigenvalue weighted by Gasteiger charge is -2.25. The Morgan fingerprint density at radius 1 is 1.29 bits per heavy atom. The number of carbonyl (C=O) groups is 1. The lowest BCUT2D eigenvalue weighted by molar-refractivity contribution is 0.0694. The molecule has 0 aliphatic heterocycles. The highest BCUT2D eigenvalue weighted by Gasteiger charge is 2.24. The molecule has 0 aliphatic carbocycles. The average Bonchev–Trinajstić information content (AvgIpc) is 2.14. The second-order valence-corrected chi connectivity index (χ2v) is 7.27. The van der Waals surface area contributed by atoms with Crippen LogP contribution in [0.1, 0.15) is 36.7 Å². The summed E-state index contributed by atoms with van der Waals surface area (Å²) < 4.78 is 5.79. The van der Waals surface area contributed by atoms with Gasteiger partial charge in [-0.3, -0.25) is 0 Å². The van der Waals surface area contributed by atoms with Gasteiger partial charge in [-0.25, -0.2) is 4.79 Å². The minimum absolute atomic E-state index is 0.127. The van der Waals surface area contributed by atoms with Crippen LogP contribution in [0, 0.1) is 0 Å². The molecular formula is C13H19O3Si. The quantitative estimate of drug-likeness (QED) is 0.838. The van der Waals surface area contributed by atoms with Crippen molar-refractivity contribution in [1.82, 2.24) is 0 Å². The molecule has 0 saturated carbocycles. The first-order valence-electron chi connectivity index (χ1n) is 5.58. The first kappa shape index (κ1) is 13.8. The number of rotatable bonds is 3. The van der Waals surface area contributed by atoms with E-state index in [2.05, 4.69) is 20.8 Å². The zero-order valence-electron chi connectivity index (χ0n) is 11.0. The van der Waals surface area contributed by atoms with Crippen molar-refractivity contribution in [3.05, 3.63) is 29.3 Å². The monoisotopic (exact) mass is 251 g/mol. The number of benzene rings is 1. The smallest absolute Gasteiger partial charge is 0.339 e. The van der Waals surface area contributed by atoms with Gasteiger partial charge in [0.25, 0.3) is 9.04 Å². The van der Waals surface area contributed by atoms with Crippen LogP contribution in [0.25, 0.3) is 0 Å². The van der Waals surface area contributed by atoms with Crippen LogP contribution in [0.15, 0.2) is 18.2 Å². The van der Waals surface area contributed by atoms with E-state index in [9.17, 15) is 9.90 Å². The van der Waals surface area contributed by atoms with Crippen LogP contribution in [0.4, 0.5) is 0 Å². The first-order valence-corrected chi connectivity index (χ1v) is 7.99. The van der Waals surface area contributed by atoms with Crippen LogP contribution < -0.4 is 4.43 Å². The molecule has 1 aromatic carbocycles. The van der Waals surface area contributed by atoms with E-state index in [0.717, 1.165) is 5.56 Å². The molecule has 0 amide bonds. The molecular weight excluding hydrogens is 232 g/mol. The van der Waals surface area contributed by atoms with E-state index in [1.165, 1.54) is 0 Å². The zero-order valence-corrected chi connectivity index (χ0v) is 12.0. The summed E-state index contributed by atoms with van der Waals surface area (Å²) in [4.78, 5) is 11.2. The maximum Gasteiger partial charge on any atom is 0.339 e. The van der Waals surface area contributed by atoms with E-state index in [-0.39, 0.29) is 11.0 Å². The molecule has 0 aromatic heterocycles. The average molecular weight is 251 g/mol. The van der Waals surface area contributed by atoms with Crippen LogP contribution in [0.5, 0.6) is 5.75 Å². The molecule has 0 fully saturated rings. The third-order valence-electron chi connectivity index (χ3n) is 2.36. The molecule has 1 N–H and O–H groups in total. The number of carboxylic acids is 1. The van der Waals surface area contributed by atoms with Crippen LogP contribution in [0.3, 0.4) is 0 Å². The number of hydrogen-bond donors (Lipinski definition) is 1. The molecule has 4 heteroatoms. The van der Waals surface area contributed by atoms with E-state index in [1.54, 1.807) is 12.1 Å². The van der Waals surface area contributed by atoms with Gasteiger partial charge in [-0.15, -0.1) is 0 Å². The van der Waals surface area contributed by atoms with Crippen molar-refractivity contribution in [2.24, 2.45) is 0 Å². The summed E-state index contributed by atoms with van der Waals surface area (Å²) in [7, 11) is -0.987. The molecule has 3 nitrogen and oxygen atoms in total. The van der Waals surface area contributed by atoms with Crippen molar-refractivity contribution in [1.29, 1.82) is 0 Å². The Bertz CT molecular complexity index is 419. The highest BCUT2D eigenvalue weighted by molar-refractivity contribution is 6.49. The molecule has 1 aromatic rings. The minimum atomic E-state index is -0.987. The van der Waals surface area contributed by atoms with E-state index in [0.29, 0.717) is 5.75 Å². The lowest BCUT2D eigenvalue weighted by Crippen LogP contribution is -2.20. The van der Waals surface area contributed by atoms with Gasteiger partial charge in [0.05, 0.1) is 0 Å². The summed E-state index contributed by atoms with van der Waals surface area (Å²) >= 11 is 0. The second kappa shape index (κ2) is 4.92. The molecule has 1 radical (unpaired) electrons. The second-order valence-electron chi connectivity index (χ2n) is 5.25. The summed E-state index contributed by atoms with van der Waals surface area (Å²) in [6.07, 6.45) is 0. The predicted octanol–water partition coefficient (Wildman–Crippen LogP) is 3.31. The van der Waals surface area contributed by atoms with Gasteiger partial charge in [0.15, 0.2) is 0 Å². The van der Waals surface area contributed by atoms with E-state index < -0.39 is 15.0 Å². The number of para-hydroxylation sites is 1. The Balaban J connectivity index is 3.40. The summed E-state index contributed by atoms with van der Waals surface area (Å²) in [5.41, 5.74) is 1.07. The molecule has 0 aliphatic rings. The van der Waals surface area contributed by atoms with Crippen molar-refractivity contribution in [3.63, 3.8) is 0 Å². The molecule has 0 saturated heterocycles. The molecule has 93 valence electrons. The maximum absolute atomic E-state index is 11.2. The molecule has 1 rings (SSSR count). The van der Waals surface area contributed by atoms with Gasteiger partial charge in [-0.05, 0) is 30.1 Å². The van der Waals surface area contributed by atoms with Crippen LogP contribution in [-0.2, 0) is 5.41 Å². The Labute approximate surface area is 104 Å². The van der Waals surface area contributed by atoms with E-state index >= 15 is 0 Å². The number of hydrogen-bond acceptors (Lipinski definition) is 2. The van der Waals surface area contributed by atoms with Crippen LogP contribution in [-0.4, -0.2) is 20.1 Å². The normalized spacial score (nSPS) is 11.6. The maximum atomic E-state index is 11.2. The summed E-state index contributed by atoms with van der Waals surface area (Å²) in [6.45, 7) is 10.2. The van der Waals surface area contributed by atoms with E-state index in [4.69, 9.17) is 4.43 Å². The fraction of sp³-hybridized carbons (Fsp3) is 0.462. The van der Waals surface area contributed by atoms with Crippen LogP contribution >= 0.6 is 0 Å². The minimum Gasteiger partial charge on any atom is -0.542 e. The summed E-state index contributed by atoms with van der Waals surface area (Å²) in [5, 5.41) is 9.20. The third-order valence-corrected chi connectivity index (χ3v) is 2.97. The number of carboxylic acid groups (broad SMARTS) is 1. The third kappa shape index (κ3) is 3.33. The van der Waals surface area contributed by atoms with E-state index in [1.807, 2.05) is 19.2 Å². The lowest BCUT2D eigenvalue weighted by atomic mass is 9.85. The van der Waals surface area contributed by atoms with Gasteiger partial charge in [0.2, 0.25) is 0 Å². The van der Waals surface area contributed by atoms with Crippen molar-refractivity contribution >= 4 is 15.0 Å². The Hall–Kier alpha value is -1.29. The summed E-state index contributed by atoms with van der Waals surface area (Å²) in [5.74, 6) is -0.402. The molecule has 0 unspecified atom stereocenters. The van der Waals surface area contributed by atoms with Gasteiger partial charge < -0.3 is 9.53 Å². The highest BCUT2D eigenvalue weighted by Crippen LogP contribution is 2.34. The topological polar surface area (TPSA) is 46.5 Å². The molecule has 0 bridgehead atoms. The Morgan fingerprint density at radius 3 is 2.29 bits per heavy atom. The van der Waals surface area contributed by atoms with Crippen LogP contribution in [0.2, 0.25) is 13.1 Å². The fourth-order valence-electron chi connectivity index (χ4n) is 1.61. The van der Waals surface area contributed by atoms with Gasteiger partial charge >= 0.3 is 5.97 Å². The Morgan fingerprint density at radius 2 is 1.88 bits per heavy atom. The van der Waals surface area contributed by atoms with Crippen molar-refractivity contribution in [2.75, 3.05) is 0 Å². The largest absolute Gasteiger partial charge is 0.542 e. The highest BCUT2D eigenvalue weighted by atomic mass is 28.3. The Kier molecular flexibility index (Phi) is 3.98. The molecule has 17 heavy (non-hydrogen) atoms. The van der Waals surface area contributed by atoms with Gasteiger partial charge in [0, 0.05) is 0 Å². The standard InChI is InChI=1S/C13H19O3Si/c1-13(2,3)10-8-6-7-9(12(14)15)11(10)16-17(4)5/h6-8H,1-5H3,(H,14,15).